The van der Waals surface area contributed by atoms with Crippen LogP contribution in [-0.2, 0) is 14.3 Å². The molecular weight excluding hydrogens is 198 g/mol. The predicted octanol–water partition coefficient (Wildman–Crippen LogP) is -0.142. The fraction of sp³-hybridized carbons (Fsp3) is 0.800. The third kappa shape index (κ3) is 1.13. The minimum Gasteiger partial charge on any atom is -0.481 e. The standard InChI is InChI=1S/C10H15NO4/c1-11-10(9(14)15-2)4-5-3-6(10)7(5)8(12)13/h5-7,11H,3-4H2,1-2H3,(H,12,13). The van der Waals surface area contributed by atoms with E-state index in [0.29, 0.717) is 6.42 Å². The van der Waals surface area contributed by atoms with Gasteiger partial charge >= 0.3 is 11.9 Å². The summed E-state index contributed by atoms with van der Waals surface area (Å²) in [6.07, 6.45) is 1.39. The van der Waals surface area contributed by atoms with Crippen LogP contribution in [0.1, 0.15) is 12.8 Å². The molecule has 2 N–H and O–H groups in total. The van der Waals surface area contributed by atoms with Gasteiger partial charge in [-0.25, -0.2) is 0 Å². The Bertz CT molecular complexity index is 317. The number of esters is 1. The largest absolute Gasteiger partial charge is 0.481 e. The Labute approximate surface area is 87.8 Å². The zero-order valence-electron chi connectivity index (χ0n) is 8.82. The van der Waals surface area contributed by atoms with Crippen LogP contribution in [0.15, 0.2) is 0 Å². The highest BCUT2D eigenvalue weighted by Gasteiger charge is 2.67. The lowest BCUT2D eigenvalue weighted by atomic mass is 9.69. The molecule has 3 rings (SSSR count). The molecule has 5 nitrogen and oxygen atoms in total. The molecule has 0 aromatic heterocycles. The summed E-state index contributed by atoms with van der Waals surface area (Å²) in [5, 5.41) is 12.0. The SMILES string of the molecule is CNC1(C(=O)OC)CC2CC1C2C(=O)O. The average Bonchev–Trinajstić information content (AvgIpc) is 2.69. The van der Waals surface area contributed by atoms with Crippen molar-refractivity contribution in [2.75, 3.05) is 14.2 Å². The number of carboxylic acid groups (broad SMARTS) is 1. The third-order valence-electron chi connectivity index (χ3n) is 4.00. The summed E-state index contributed by atoms with van der Waals surface area (Å²) in [6, 6.07) is 0. The van der Waals surface area contributed by atoms with Crippen LogP contribution in [0.2, 0.25) is 0 Å². The van der Waals surface area contributed by atoms with Crippen molar-refractivity contribution in [1.29, 1.82) is 0 Å². The van der Waals surface area contributed by atoms with Gasteiger partial charge in [-0.3, -0.25) is 9.59 Å². The van der Waals surface area contributed by atoms with Crippen LogP contribution in [0.5, 0.6) is 0 Å². The lowest BCUT2D eigenvalue weighted by Crippen LogP contribution is -2.55. The first-order valence-corrected chi connectivity index (χ1v) is 5.07. The van der Waals surface area contributed by atoms with Gasteiger partial charge in [0, 0.05) is 5.92 Å². The Morgan fingerprint density at radius 1 is 1.53 bits per heavy atom. The number of nitrogens with one attached hydrogen (secondary N) is 1. The fourth-order valence-electron chi connectivity index (χ4n) is 3.22. The van der Waals surface area contributed by atoms with E-state index in [4.69, 9.17) is 9.84 Å². The molecule has 0 spiro atoms. The number of carboxylic acids is 1. The summed E-state index contributed by atoms with van der Waals surface area (Å²) in [4.78, 5) is 22.7. The van der Waals surface area contributed by atoms with E-state index in [1.807, 2.05) is 0 Å². The lowest BCUT2D eigenvalue weighted by molar-refractivity contribution is -0.154. The average molecular weight is 213 g/mol. The predicted molar refractivity (Wildman–Crippen MR) is 51.1 cm³/mol. The smallest absolute Gasteiger partial charge is 0.326 e. The maximum Gasteiger partial charge on any atom is 0.326 e. The van der Waals surface area contributed by atoms with Crippen molar-refractivity contribution < 1.29 is 19.4 Å². The number of fused-ring (bicyclic) bond motifs is 1. The number of ether oxygens (including phenoxy) is 1. The lowest BCUT2D eigenvalue weighted by Gasteiger charge is -2.37. The Hall–Kier alpha value is -1.10. The van der Waals surface area contributed by atoms with Gasteiger partial charge in [-0.2, -0.15) is 0 Å². The molecule has 3 fully saturated rings. The number of rotatable bonds is 3. The molecule has 5 heteroatoms. The van der Waals surface area contributed by atoms with Gasteiger partial charge in [0.2, 0.25) is 0 Å². The minimum absolute atomic E-state index is 0.113. The first kappa shape index (κ1) is 10.4. The highest BCUT2D eigenvalue weighted by molar-refractivity contribution is 5.85. The first-order chi connectivity index (χ1) is 7.06. The summed E-state index contributed by atoms with van der Waals surface area (Å²) < 4.78 is 4.76. The van der Waals surface area contributed by atoms with Crippen molar-refractivity contribution in [3.8, 4) is 0 Å². The van der Waals surface area contributed by atoms with Crippen molar-refractivity contribution in [3.05, 3.63) is 0 Å². The number of carbonyl (C=O) groups is 2. The third-order valence-corrected chi connectivity index (χ3v) is 4.00. The summed E-state index contributed by atoms with van der Waals surface area (Å²) in [6.45, 7) is 0. The van der Waals surface area contributed by atoms with Gasteiger partial charge < -0.3 is 15.2 Å². The summed E-state index contributed by atoms with van der Waals surface area (Å²) >= 11 is 0. The first-order valence-electron chi connectivity index (χ1n) is 5.07. The molecule has 3 saturated carbocycles. The van der Waals surface area contributed by atoms with Crippen molar-refractivity contribution in [1.82, 2.24) is 5.32 Å². The Kier molecular flexibility index (Phi) is 2.22. The monoisotopic (exact) mass is 213 g/mol. The Balaban J connectivity index is 2.25. The topological polar surface area (TPSA) is 75.6 Å². The van der Waals surface area contributed by atoms with E-state index in [-0.39, 0.29) is 23.7 Å². The number of methoxy groups -OCH3 is 1. The molecular formula is C10H15NO4. The van der Waals surface area contributed by atoms with Crippen LogP contribution in [-0.4, -0.2) is 36.7 Å². The molecule has 0 saturated heterocycles. The van der Waals surface area contributed by atoms with Crippen LogP contribution in [0.3, 0.4) is 0 Å². The fourth-order valence-corrected chi connectivity index (χ4v) is 3.22. The van der Waals surface area contributed by atoms with Crippen LogP contribution in [0.4, 0.5) is 0 Å². The summed E-state index contributed by atoms with van der Waals surface area (Å²) in [7, 11) is 3.03. The Morgan fingerprint density at radius 3 is 2.60 bits per heavy atom. The van der Waals surface area contributed by atoms with Gasteiger partial charge in [0.1, 0.15) is 5.54 Å². The molecule has 0 heterocycles. The van der Waals surface area contributed by atoms with Crippen LogP contribution in [0.25, 0.3) is 0 Å². The second-order valence-corrected chi connectivity index (χ2v) is 4.38. The maximum atomic E-state index is 11.7. The molecule has 0 aromatic carbocycles. The van der Waals surface area contributed by atoms with Crippen LogP contribution < -0.4 is 5.32 Å². The highest BCUT2D eigenvalue weighted by Crippen LogP contribution is 2.59. The van der Waals surface area contributed by atoms with Crippen molar-refractivity contribution in [2.24, 2.45) is 17.8 Å². The molecule has 0 amide bonds. The van der Waals surface area contributed by atoms with E-state index >= 15 is 0 Å². The number of hydrogen-bond donors (Lipinski definition) is 2. The molecule has 3 aliphatic rings. The van der Waals surface area contributed by atoms with Gasteiger partial charge in [-0.05, 0) is 25.8 Å². The van der Waals surface area contributed by atoms with Crippen molar-refractivity contribution in [3.63, 3.8) is 0 Å². The van der Waals surface area contributed by atoms with Gasteiger partial charge in [-0.1, -0.05) is 0 Å². The van der Waals surface area contributed by atoms with E-state index in [2.05, 4.69) is 5.32 Å². The number of likely N-dealkylation sites (N-methyl/N-ethyl adjacent to an activating group) is 1. The van der Waals surface area contributed by atoms with Crippen molar-refractivity contribution >= 4 is 11.9 Å². The van der Waals surface area contributed by atoms with Gasteiger partial charge in [0.15, 0.2) is 0 Å². The van der Waals surface area contributed by atoms with Crippen molar-refractivity contribution in [2.45, 2.75) is 18.4 Å². The molecule has 0 aromatic rings. The van der Waals surface area contributed by atoms with Crippen LogP contribution >= 0.6 is 0 Å². The summed E-state index contributed by atoms with van der Waals surface area (Å²) in [5.74, 6) is -1.49. The Morgan fingerprint density at radius 2 is 2.20 bits per heavy atom. The van der Waals surface area contributed by atoms with Crippen LogP contribution in [0, 0.1) is 17.8 Å². The second-order valence-electron chi connectivity index (χ2n) is 4.38. The van der Waals surface area contributed by atoms with Gasteiger partial charge in [0.05, 0.1) is 13.0 Å². The molecule has 84 valence electrons. The zero-order chi connectivity index (χ0) is 11.2. The molecule has 15 heavy (non-hydrogen) atoms. The molecule has 4 atom stereocenters. The molecule has 2 bridgehead atoms. The normalized spacial score (nSPS) is 42.1. The number of aliphatic carboxylic acids is 1. The minimum atomic E-state index is -0.794. The second kappa shape index (κ2) is 3.20. The van der Waals surface area contributed by atoms with E-state index in [1.165, 1.54) is 7.11 Å². The highest BCUT2D eigenvalue weighted by atomic mass is 16.5. The van der Waals surface area contributed by atoms with E-state index in [9.17, 15) is 9.59 Å². The molecule has 0 aliphatic heterocycles. The zero-order valence-corrected chi connectivity index (χ0v) is 8.82. The molecule has 3 aliphatic carbocycles. The quantitative estimate of drug-likeness (QED) is 0.638. The molecule has 4 unspecified atom stereocenters. The van der Waals surface area contributed by atoms with E-state index < -0.39 is 11.5 Å². The summed E-state index contributed by atoms with van der Waals surface area (Å²) in [5.41, 5.74) is -0.761. The maximum absolute atomic E-state index is 11.7. The molecule has 0 radical (unpaired) electrons. The van der Waals surface area contributed by atoms with E-state index in [0.717, 1.165) is 6.42 Å². The van der Waals surface area contributed by atoms with E-state index in [1.54, 1.807) is 7.05 Å². The van der Waals surface area contributed by atoms with Gasteiger partial charge in [0.25, 0.3) is 0 Å². The number of carbonyl (C=O) groups excluding carboxylic acids is 1. The number of hydrogen-bond acceptors (Lipinski definition) is 4. The van der Waals surface area contributed by atoms with Gasteiger partial charge in [-0.15, -0.1) is 0 Å².